The number of aryl methyl sites for hydroxylation is 2. The van der Waals surface area contributed by atoms with Crippen molar-refractivity contribution in [1.29, 1.82) is 0 Å². The lowest BCUT2D eigenvalue weighted by molar-refractivity contribution is -0.117. The Morgan fingerprint density at radius 2 is 1.59 bits per heavy atom. The molecular formula is C19H22O8. The van der Waals surface area contributed by atoms with Crippen LogP contribution < -0.4 is 9.47 Å². The highest BCUT2D eigenvalue weighted by Gasteiger charge is 2.44. The predicted molar refractivity (Wildman–Crippen MR) is 94.2 cm³/mol. The molecule has 146 valence electrons. The van der Waals surface area contributed by atoms with E-state index in [1.54, 1.807) is 32.0 Å². The van der Waals surface area contributed by atoms with Gasteiger partial charge in [0.1, 0.15) is 29.8 Å². The van der Waals surface area contributed by atoms with Crippen molar-refractivity contribution in [3.05, 3.63) is 41.5 Å². The van der Waals surface area contributed by atoms with E-state index in [0.717, 1.165) is 5.56 Å². The Morgan fingerprint density at radius 1 is 0.926 bits per heavy atom. The van der Waals surface area contributed by atoms with Gasteiger partial charge in [0.2, 0.25) is 12.0 Å². The molecule has 0 spiro atoms. The fourth-order valence-electron chi connectivity index (χ4n) is 2.88. The maximum atomic E-state index is 10.5. The number of rotatable bonds is 5. The van der Waals surface area contributed by atoms with Gasteiger partial charge >= 0.3 is 0 Å². The smallest absolute Gasteiger partial charge is 0.229 e. The molecule has 27 heavy (non-hydrogen) atoms. The number of aliphatic hydroxyl groups excluding tert-OH is 3. The Labute approximate surface area is 155 Å². The van der Waals surface area contributed by atoms with E-state index in [0.29, 0.717) is 11.3 Å². The lowest BCUT2D eigenvalue weighted by atomic mass is 10.1. The number of phenols is 2. The summed E-state index contributed by atoms with van der Waals surface area (Å²) in [7, 11) is 0. The van der Waals surface area contributed by atoms with Crippen LogP contribution in [0.15, 0.2) is 30.3 Å². The predicted octanol–water partition coefficient (Wildman–Crippen LogP) is 1.32. The van der Waals surface area contributed by atoms with E-state index >= 15 is 0 Å². The number of aliphatic hydroxyl groups is 3. The van der Waals surface area contributed by atoms with E-state index in [-0.39, 0.29) is 23.0 Å². The normalized spacial score (nSPS) is 24.8. The topological polar surface area (TPSA) is 129 Å². The molecule has 8 heteroatoms. The van der Waals surface area contributed by atoms with Crippen molar-refractivity contribution < 1.29 is 39.7 Å². The largest absolute Gasteiger partial charge is 0.508 e. The summed E-state index contributed by atoms with van der Waals surface area (Å²) in [5, 5.41) is 49.1. The van der Waals surface area contributed by atoms with E-state index in [2.05, 4.69) is 0 Å². The van der Waals surface area contributed by atoms with Gasteiger partial charge in [-0.15, -0.1) is 0 Å². The van der Waals surface area contributed by atoms with E-state index in [1.165, 1.54) is 12.1 Å². The van der Waals surface area contributed by atoms with Gasteiger partial charge < -0.3 is 39.7 Å². The van der Waals surface area contributed by atoms with Crippen LogP contribution in [0.25, 0.3) is 0 Å². The van der Waals surface area contributed by atoms with Gasteiger partial charge in [0.15, 0.2) is 11.5 Å². The molecule has 4 atom stereocenters. The summed E-state index contributed by atoms with van der Waals surface area (Å²) in [5.74, 6) is 0.0881. The van der Waals surface area contributed by atoms with Crippen LogP contribution in [-0.4, -0.2) is 56.7 Å². The summed E-state index contributed by atoms with van der Waals surface area (Å²) < 4.78 is 16.4. The quantitative estimate of drug-likeness (QED) is 0.527. The average Bonchev–Trinajstić information content (AvgIpc) is 2.86. The molecule has 2 aromatic carbocycles. The van der Waals surface area contributed by atoms with Crippen LogP contribution in [0.3, 0.4) is 0 Å². The summed E-state index contributed by atoms with van der Waals surface area (Å²) in [6.07, 6.45) is -4.94. The van der Waals surface area contributed by atoms with Gasteiger partial charge in [-0.1, -0.05) is 0 Å². The fourth-order valence-corrected chi connectivity index (χ4v) is 2.88. The summed E-state index contributed by atoms with van der Waals surface area (Å²) in [6.45, 7) is 3.06. The molecule has 3 rings (SSSR count). The molecule has 1 aliphatic heterocycles. The van der Waals surface area contributed by atoms with Gasteiger partial charge in [-0.05, 0) is 49.2 Å². The minimum atomic E-state index is -1.39. The average molecular weight is 378 g/mol. The maximum absolute atomic E-state index is 10.5. The van der Waals surface area contributed by atoms with Crippen molar-refractivity contribution in [3.63, 3.8) is 0 Å². The number of aromatic hydroxyl groups is 2. The molecule has 2 aromatic rings. The first kappa shape index (κ1) is 19.2. The zero-order chi connectivity index (χ0) is 19.7. The fraction of sp³-hybridized carbons (Fsp3) is 0.368. The Morgan fingerprint density at radius 3 is 2.22 bits per heavy atom. The highest BCUT2D eigenvalue weighted by Crippen LogP contribution is 2.41. The van der Waals surface area contributed by atoms with Crippen molar-refractivity contribution in [3.8, 4) is 28.7 Å². The second kappa shape index (κ2) is 7.61. The maximum Gasteiger partial charge on any atom is 0.229 e. The van der Waals surface area contributed by atoms with Crippen LogP contribution in [0.4, 0.5) is 0 Å². The first-order chi connectivity index (χ1) is 12.8. The molecule has 0 aliphatic carbocycles. The Balaban J connectivity index is 1.85. The molecule has 0 saturated carbocycles. The van der Waals surface area contributed by atoms with E-state index < -0.39 is 31.2 Å². The summed E-state index contributed by atoms with van der Waals surface area (Å²) >= 11 is 0. The first-order valence-corrected chi connectivity index (χ1v) is 8.39. The monoisotopic (exact) mass is 378 g/mol. The number of hydrogen-bond donors (Lipinski definition) is 5. The first-order valence-electron chi connectivity index (χ1n) is 8.39. The molecule has 0 unspecified atom stereocenters. The second-order valence-electron chi connectivity index (χ2n) is 6.54. The molecule has 8 nitrogen and oxygen atoms in total. The molecule has 1 fully saturated rings. The molecule has 0 radical (unpaired) electrons. The lowest BCUT2D eigenvalue weighted by Gasteiger charge is -2.19. The Kier molecular flexibility index (Phi) is 5.43. The molecule has 0 aromatic heterocycles. The lowest BCUT2D eigenvalue weighted by Crippen LogP contribution is -2.35. The number of ether oxygens (including phenoxy) is 3. The van der Waals surface area contributed by atoms with Crippen molar-refractivity contribution in [1.82, 2.24) is 0 Å². The third kappa shape index (κ3) is 4.09. The minimum Gasteiger partial charge on any atom is -0.508 e. The van der Waals surface area contributed by atoms with Gasteiger partial charge in [-0.25, -0.2) is 0 Å². The third-order valence-corrected chi connectivity index (χ3v) is 4.19. The molecule has 5 N–H and O–H groups in total. The van der Waals surface area contributed by atoms with Crippen LogP contribution >= 0.6 is 0 Å². The van der Waals surface area contributed by atoms with E-state index in [1.807, 2.05) is 0 Å². The van der Waals surface area contributed by atoms with Crippen molar-refractivity contribution in [2.24, 2.45) is 0 Å². The van der Waals surface area contributed by atoms with Gasteiger partial charge in [-0.3, -0.25) is 0 Å². The zero-order valence-electron chi connectivity index (χ0n) is 14.9. The SMILES string of the molecule is Cc1cc(O)cc(Oc2cc(C)cc(O[C@H]3O[C@H](CO)[C@@H](O)[C@H]3O)c2O)c1. The van der Waals surface area contributed by atoms with Gasteiger partial charge in [0.25, 0.3) is 0 Å². The van der Waals surface area contributed by atoms with Crippen LogP contribution in [0.2, 0.25) is 0 Å². The summed E-state index contributed by atoms with van der Waals surface area (Å²) in [6, 6.07) is 7.76. The zero-order valence-corrected chi connectivity index (χ0v) is 14.9. The minimum absolute atomic E-state index is 0.0169. The molecular weight excluding hydrogens is 356 g/mol. The Bertz CT molecular complexity index is 801. The number of hydrogen-bond acceptors (Lipinski definition) is 8. The van der Waals surface area contributed by atoms with Crippen molar-refractivity contribution in [2.75, 3.05) is 6.61 Å². The molecule has 1 heterocycles. The second-order valence-corrected chi connectivity index (χ2v) is 6.54. The standard InChI is InChI=1S/C19H22O8/c1-9-3-11(21)7-12(4-9)25-13-5-10(2)6-14(16(13)22)26-19-18(24)17(23)15(8-20)27-19/h3-7,15,17-24H,8H2,1-2H3/t15-,17-,18-,19+/m1/s1. The van der Waals surface area contributed by atoms with Crippen LogP contribution in [-0.2, 0) is 4.74 Å². The van der Waals surface area contributed by atoms with Crippen LogP contribution in [0.5, 0.6) is 28.7 Å². The van der Waals surface area contributed by atoms with Crippen molar-refractivity contribution in [2.45, 2.75) is 38.4 Å². The highest BCUT2D eigenvalue weighted by atomic mass is 16.7. The molecule has 1 saturated heterocycles. The molecule has 0 amide bonds. The summed E-state index contributed by atoms with van der Waals surface area (Å²) in [5.41, 5.74) is 1.47. The van der Waals surface area contributed by atoms with Gasteiger partial charge in [0, 0.05) is 6.07 Å². The van der Waals surface area contributed by atoms with Gasteiger partial charge in [-0.2, -0.15) is 0 Å². The van der Waals surface area contributed by atoms with E-state index in [9.17, 15) is 20.4 Å². The third-order valence-electron chi connectivity index (χ3n) is 4.19. The van der Waals surface area contributed by atoms with Crippen molar-refractivity contribution >= 4 is 0 Å². The van der Waals surface area contributed by atoms with Gasteiger partial charge in [0.05, 0.1) is 6.61 Å². The van der Waals surface area contributed by atoms with Crippen LogP contribution in [0.1, 0.15) is 11.1 Å². The number of phenolic OH excluding ortho intramolecular Hbond substituents is 2. The molecule has 1 aliphatic rings. The number of benzene rings is 2. The van der Waals surface area contributed by atoms with Crippen LogP contribution in [0, 0.1) is 13.8 Å². The Hall–Kier alpha value is -2.52. The van der Waals surface area contributed by atoms with E-state index in [4.69, 9.17) is 19.3 Å². The molecule has 0 bridgehead atoms. The highest BCUT2D eigenvalue weighted by molar-refractivity contribution is 5.54. The summed E-state index contributed by atoms with van der Waals surface area (Å²) in [4.78, 5) is 0.